The average Bonchev–Trinajstić information content (AvgIpc) is 3.37. The lowest BCUT2D eigenvalue weighted by atomic mass is 10.1. The van der Waals surface area contributed by atoms with Gasteiger partial charge in [-0.3, -0.25) is 0 Å². The number of alkyl halides is 3. The average molecular weight is 540 g/mol. The molecule has 2 heterocycles. The van der Waals surface area contributed by atoms with Crippen LogP contribution in [-0.2, 0) is 0 Å². The summed E-state index contributed by atoms with van der Waals surface area (Å²) in [6, 6.07) is 6.41. The topological polar surface area (TPSA) is 144 Å². The number of hydrogen-bond acceptors (Lipinski definition) is 9. The molecule has 0 saturated heterocycles. The highest BCUT2D eigenvalue weighted by molar-refractivity contribution is 7.21. The summed E-state index contributed by atoms with van der Waals surface area (Å²) in [5, 5.41) is 32.4. The van der Waals surface area contributed by atoms with Gasteiger partial charge in [0.25, 0.3) is 0 Å². The molecule has 200 valence electrons. The van der Waals surface area contributed by atoms with Crippen molar-refractivity contribution < 1.29 is 28.2 Å². The van der Waals surface area contributed by atoms with Crippen LogP contribution in [-0.4, -0.2) is 75.3 Å². The van der Waals surface area contributed by atoms with Gasteiger partial charge in [-0.1, -0.05) is 12.1 Å². The number of carbonyl (C=O) groups is 1. The van der Waals surface area contributed by atoms with Crippen molar-refractivity contribution in [2.24, 2.45) is 5.92 Å². The standard InChI is InChI=1S/C23H28F3N7O3S/c1-3-27-22(36)28-9-12-8-14(18(35)17(12)34)31-19-16(20-32-13-6-4-5-7-15(13)37-20)11(2)30-21(33-19)29-10-23(24,25)26/h4-7,12,14,17-18,34-35H,3,8-10H2,1-2H3,(H2,27,28,36)(H2,29,30,31,33)/t12-,14-,17-,18+/m1/s1. The van der Waals surface area contributed by atoms with Crippen LogP contribution in [0.2, 0.25) is 0 Å². The molecule has 4 atom stereocenters. The largest absolute Gasteiger partial charge is 0.405 e. The Balaban J connectivity index is 1.63. The van der Waals surface area contributed by atoms with E-state index >= 15 is 0 Å². The highest BCUT2D eigenvalue weighted by Crippen LogP contribution is 2.38. The Morgan fingerprint density at radius 3 is 2.59 bits per heavy atom. The van der Waals surface area contributed by atoms with Gasteiger partial charge in [0, 0.05) is 19.0 Å². The molecule has 1 aliphatic rings. The number of benzene rings is 1. The fourth-order valence-corrected chi connectivity index (χ4v) is 5.33. The summed E-state index contributed by atoms with van der Waals surface area (Å²) in [6.07, 6.45) is -6.52. The third-order valence-electron chi connectivity index (χ3n) is 6.03. The molecule has 2 amide bonds. The normalized spacial score (nSPS) is 21.7. The first-order valence-electron chi connectivity index (χ1n) is 11.7. The molecule has 3 aromatic rings. The van der Waals surface area contributed by atoms with E-state index in [4.69, 9.17) is 0 Å². The molecule has 0 radical (unpaired) electrons. The summed E-state index contributed by atoms with van der Waals surface area (Å²) in [4.78, 5) is 24.9. The number of hydrogen-bond donors (Lipinski definition) is 6. The second-order valence-electron chi connectivity index (χ2n) is 8.78. The molecule has 0 spiro atoms. The highest BCUT2D eigenvalue weighted by Gasteiger charge is 2.42. The van der Waals surface area contributed by atoms with Crippen LogP contribution in [0, 0.1) is 12.8 Å². The zero-order valence-corrected chi connectivity index (χ0v) is 21.0. The minimum absolute atomic E-state index is 0.133. The number of aromatic nitrogens is 3. The number of para-hydroxylation sites is 1. The number of fused-ring (bicyclic) bond motifs is 1. The van der Waals surface area contributed by atoms with Gasteiger partial charge in [-0.15, -0.1) is 11.3 Å². The summed E-state index contributed by atoms with van der Waals surface area (Å²) in [6.45, 7) is 2.68. The van der Waals surface area contributed by atoms with E-state index in [0.29, 0.717) is 22.8 Å². The highest BCUT2D eigenvalue weighted by atomic mass is 32.1. The summed E-state index contributed by atoms with van der Waals surface area (Å²) < 4.78 is 39.3. The number of anilines is 2. The second-order valence-corrected chi connectivity index (χ2v) is 9.81. The lowest BCUT2D eigenvalue weighted by molar-refractivity contribution is -0.115. The lowest BCUT2D eigenvalue weighted by Crippen LogP contribution is -2.41. The molecular weight excluding hydrogens is 511 g/mol. The smallest absolute Gasteiger partial charge is 0.390 e. The Hall–Kier alpha value is -3.23. The molecule has 1 saturated carbocycles. The lowest BCUT2D eigenvalue weighted by Gasteiger charge is -2.21. The van der Waals surface area contributed by atoms with Gasteiger partial charge in [0.2, 0.25) is 5.95 Å². The number of aryl methyl sites for hydroxylation is 1. The number of amides is 2. The van der Waals surface area contributed by atoms with Gasteiger partial charge in [0.05, 0.1) is 33.6 Å². The van der Waals surface area contributed by atoms with E-state index in [1.165, 1.54) is 11.3 Å². The first-order chi connectivity index (χ1) is 17.6. The van der Waals surface area contributed by atoms with Crippen LogP contribution >= 0.6 is 11.3 Å². The van der Waals surface area contributed by atoms with Crippen molar-refractivity contribution in [3.05, 3.63) is 30.0 Å². The van der Waals surface area contributed by atoms with Gasteiger partial charge in [0.1, 0.15) is 23.5 Å². The van der Waals surface area contributed by atoms with E-state index in [0.717, 1.165) is 10.2 Å². The molecule has 2 aromatic heterocycles. The van der Waals surface area contributed by atoms with Gasteiger partial charge in [-0.25, -0.2) is 14.8 Å². The molecule has 37 heavy (non-hydrogen) atoms. The number of thiazole rings is 1. The van der Waals surface area contributed by atoms with Crippen LogP contribution in [0.15, 0.2) is 24.3 Å². The van der Waals surface area contributed by atoms with Crippen molar-refractivity contribution in [3.63, 3.8) is 0 Å². The number of carbonyl (C=O) groups excluding carboxylic acids is 1. The Morgan fingerprint density at radius 2 is 1.89 bits per heavy atom. The monoisotopic (exact) mass is 539 g/mol. The molecule has 0 bridgehead atoms. The molecular formula is C23H28F3N7O3S. The molecule has 10 nitrogen and oxygen atoms in total. The van der Waals surface area contributed by atoms with Crippen LogP contribution in [0.5, 0.6) is 0 Å². The van der Waals surface area contributed by atoms with Crippen LogP contribution in [0.3, 0.4) is 0 Å². The molecule has 1 aromatic carbocycles. The van der Waals surface area contributed by atoms with Crippen LogP contribution in [0.1, 0.15) is 19.0 Å². The Kier molecular flexibility index (Phi) is 7.99. The van der Waals surface area contributed by atoms with Crippen LogP contribution in [0.4, 0.5) is 29.7 Å². The summed E-state index contributed by atoms with van der Waals surface area (Å²) in [5.41, 5.74) is 1.63. The van der Waals surface area contributed by atoms with Gasteiger partial charge in [-0.2, -0.15) is 18.2 Å². The van der Waals surface area contributed by atoms with E-state index in [2.05, 4.69) is 36.2 Å². The summed E-state index contributed by atoms with van der Waals surface area (Å²) >= 11 is 1.38. The first-order valence-corrected chi connectivity index (χ1v) is 12.6. The predicted molar refractivity (Wildman–Crippen MR) is 135 cm³/mol. The van der Waals surface area contributed by atoms with Gasteiger partial charge >= 0.3 is 12.2 Å². The Labute approximate surface area is 214 Å². The number of urea groups is 1. The zero-order valence-electron chi connectivity index (χ0n) is 20.1. The van der Waals surface area contributed by atoms with Gasteiger partial charge in [-0.05, 0) is 32.4 Å². The maximum Gasteiger partial charge on any atom is 0.405 e. The van der Waals surface area contributed by atoms with E-state index in [1.807, 2.05) is 24.3 Å². The Morgan fingerprint density at radius 1 is 1.14 bits per heavy atom. The van der Waals surface area contributed by atoms with Crippen molar-refractivity contribution in [1.82, 2.24) is 25.6 Å². The van der Waals surface area contributed by atoms with Crippen molar-refractivity contribution in [2.45, 2.75) is 44.7 Å². The minimum atomic E-state index is -4.47. The fraction of sp³-hybridized carbons (Fsp3) is 0.478. The van der Waals surface area contributed by atoms with Gasteiger partial charge < -0.3 is 31.5 Å². The Bertz CT molecular complexity index is 1220. The van der Waals surface area contributed by atoms with E-state index in [-0.39, 0.29) is 30.8 Å². The number of halogens is 3. The van der Waals surface area contributed by atoms with Gasteiger partial charge in [0.15, 0.2) is 0 Å². The van der Waals surface area contributed by atoms with Crippen LogP contribution < -0.4 is 21.3 Å². The third-order valence-corrected chi connectivity index (χ3v) is 7.08. The molecule has 6 N–H and O–H groups in total. The fourth-order valence-electron chi connectivity index (χ4n) is 4.26. The number of nitrogens with one attached hydrogen (secondary N) is 4. The van der Waals surface area contributed by atoms with E-state index in [9.17, 15) is 28.2 Å². The van der Waals surface area contributed by atoms with E-state index in [1.54, 1.807) is 13.8 Å². The van der Waals surface area contributed by atoms with Crippen molar-refractivity contribution in [2.75, 3.05) is 30.3 Å². The predicted octanol–water partition coefficient (Wildman–Crippen LogP) is 2.88. The van der Waals surface area contributed by atoms with Crippen molar-refractivity contribution in [1.29, 1.82) is 0 Å². The molecule has 4 rings (SSSR count). The zero-order chi connectivity index (χ0) is 26.7. The summed E-state index contributed by atoms with van der Waals surface area (Å²) in [7, 11) is 0. The quantitative estimate of drug-likeness (QED) is 0.256. The first kappa shape index (κ1) is 26.8. The molecule has 0 unspecified atom stereocenters. The SMILES string of the molecule is CCNC(=O)NC[C@H]1C[C@@H](Nc2nc(NCC(F)(F)F)nc(C)c2-c2nc3ccccc3s2)[C@H](O)[C@@H]1O. The molecule has 1 aliphatic carbocycles. The number of aliphatic hydroxyl groups is 2. The number of nitrogens with zero attached hydrogens (tertiary/aromatic N) is 3. The summed E-state index contributed by atoms with van der Waals surface area (Å²) in [5.74, 6) is -0.499. The minimum Gasteiger partial charge on any atom is -0.390 e. The van der Waals surface area contributed by atoms with Crippen molar-refractivity contribution >= 4 is 39.4 Å². The van der Waals surface area contributed by atoms with Crippen LogP contribution in [0.25, 0.3) is 20.8 Å². The maximum absolute atomic E-state index is 12.8. The second kappa shape index (κ2) is 11.0. The molecule has 14 heteroatoms. The number of aliphatic hydroxyl groups excluding tert-OH is 2. The third kappa shape index (κ3) is 6.37. The molecule has 1 fully saturated rings. The molecule has 0 aliphatic heterocycles. The maximum atomic E-state index is 12.8. The number of rotatable bonds is 8. The van der Waals surface area contributed by atoms with Crippen molar-refractivity contribution in [3.8, 4) is 10.6 Å². The van der Waals surface area contributed by atoms with E-state index < -0.39 is 36.9 Å².